The summed E-state index contributed by atoms with van der Waals surface area (Å²) in [5.41, 5.74) is 5.08. The average Bonchev–Trinajstić information content (AvgIpc) is 2.39. The van der Waals surface area contributed by atoms with Crippen molar-refractivity contribution in [2.75, 3.05) is 12.4 Å². The molecule has 0 bridgehead atoms. The van der Waals surface area contributed by atoms with Gasteiger partial charge in [0.2, 0.25) is 0 Å². The summed E-state index contributed by atoms with van der Waals surface area (Å²) in [5, 5.41) is 3.22. The molecule has 0 amide bonds. The number of hydrogen-bond donors (Lipinski definition) is 1. The van der Waals surface area contributed by atoms with Gasteiger partial charge in [0.15, 0.2) is 0 Å². The molecule has 0 fully saturated rings. The Morgan fingerprint density at radius 1 is 0.938 bits per heavy atom. The Bertz CT molecular complexity index is 457. The summed E-state index contributed by atoms with van der Waals surface area (Å²) >= 11 is 0. The summed E-state index contributed by atoms with van der Waals surface area (Å²) in [6, 6.07) is 17.1. The molecule has 1 N–H and O–H groups in total. The molecule has 2 aromatic carbocycles. The maximum absolute atomic E-state index is 3.22. The van der Waals surface area contributed by atoms with Gasteiger partial charge in [0.1, 0.15) is 0 Å². The second-order valence-electron chi connectivity index (χ2n) is 3.85. The lowest BCUT2D eigenvalue weighted by Crippen LogP contribution is -1.91. The predicted molar refractivity (Wildman–Crippen MR) is 70.8 cm³/mol. The molecule has 2 rings (SSSR count). The van der Waals surface area contributed by atoms with Gasteiger partial charge in [-0.05, 0) is 23.6 Å². The first-order valence-corrected chi connectivity index (χ1v) is 5.71. The number of rotatable bonds is 3. The lowest BCUT2D eigenvalue weighted by molar-refractivity contribution is 1.14. The lowest BCUT2D eigenvalue weighted by atomic mass is 10.0. The van der Waals surface area contributed by atoms with E-state index in [1.54, 1.807) is 0 Å². The van der Waals surface area contributed by atoms with Crippen molar-refractivity contribution < 1.29 is 0 Å². The van der Waals surface area contributed by atoms with Gasteiger partial charge in [0.05, 0.1) is 0 Å². The normalized spacial score (nSPS) is 10.1. The second kappa shape index (κ2) is 4.84. The Hall–Kier alpha value is -1.76. The van der Waals surface area contributed by atoms with Gasteiger partial charge in [-0.1, -0.05) is 49.4 Å². The van der Waals surface area contributed by atoms with Crippen molar-refractivity contribution in [2.45, 2.75) is 13.3 Å². The Labute approximate surface area is 97.1 Å². The van der Waals surface area contributed by atoms with Gasteiger partial charge >= 0.3 is 0 Å². The van der Waals surface area contributed by atoms with E-state index >= 15 is 0 Å². The van der Waals surface area contributed by atoms with Crippen molar-refractivity contribution in [3.05, 3.63) is 54.1 Å². The van der Waals surface area contributed by atoms with Crippen molar-refractivity contribution in [3.8, 4) is 11.1 Å². The third kappa shape index (κ3) is 2.08. The van der Waals surface area contributed by atoms with Crippen LogP contribution in [0.25, 0.3) is 11.1 Å². The molecule has 0 radical (unpaired) electrons. The molecule has 0 heterocycles. The summed E-state index contributed by atoms with van der Waals surface area (Å²) in [6.45, 7) is 2.18. The number of para-hydroxylation sites is 1. The van der Waals surface area contributed by atoms with E-state index in [0.29, 0.717) is 0 Å². The number of hydrogen-bond acceptors (Lipinski definition) is 1. The fourth-order valence-electron chi connectivity index (χ4n) is 1.87. The molecule has 0 saturated heterocycles. The van der Waals surface area contributed by atoms with Crippen molar-refractivity contribution in [1.82, 2.24) is 0 Å². The molecular formula is C15H17N. The highest BCUT2D eigenvalue weighted by Crippen LogP contribution is 2.27. The number of aryl methyl sites for hydroxylation is 1. The van der Waals surface area contributed by atoms with Crippen molar-refractivity contribution >= 4 is 5.69 Å². The van der Waals surface area contributed by atoms with Crippen LogP contribution in [-0.4, -0.2) is 7.05 Å². The minimum Gasteiger partial charge on any atom is -0.388 e. The summed E-state index contributed by atoms with van der Waals surface area (Å²) in [5.74, 6) is 0. The van der Waals surface area contributed by atoms with E-state index in [1.165, 1.54) is 22.4 Å². The molecule has 1 heteroatoms. The van der Waals surface area contributed by atoms with Gasteiger partial charge in [0.25, 0.3) is 0 Å². The largest absolute Gasteiger partial charge is 0.388 e. The smallest absolute Gasteiger partial charge is 0.0417 e. The molecule has 0 aliphatic rings. The Morgan fingerprint density at radius 2 is 1.62 bits per heavy atom. The molecule has 0 unspecified atom stereocenters. The van der Waals surface area contributed by atoms with Crippen LogP contribution in [0.3, 0.4) is 0 Å². The van der Waals surface area contributed by atoms with E-state index in [1.807, 2.05) is 7.05 Å². The first kappa shape index (κ1) is 10.7. The van der Waals surface area contributed by atoms with Crippen LogP contribution >= 0.6 is 0 Å². The maximum Gasteiger partial charge on any atom is 0.0417 e. The van der Waals surface area contributed by atoms with Crippen molar-refractivity contribution in [2.24, 2.45) is 0 Å². The van der Waals surface area contributed by atoms with Crippen LogP contribution in [0.1, 0.15) is 12.5 Å². The Kier molecular flexibility index (Phi) is 3.25. The average molecular weight is 211 g/mol. The third-order valence-electron chi connectivity index (χ3n) is 2.87. The van der Waals surface area contributed by atoms with Gasteiger partial charge in [0, 0.05) is 18.3 Å². The van der Waals surface area contributed by atoms with Crippen molar-refractivity contribution in [1.29, 1.82) is 0 Å². The van der Waals surface area contributed by atoms with E-state index in [-0.39, 0.29) is 0 Å². The molecule has 2 aromatic rings. The zero-order valence-corrected chi connectivity index (χ0v) is 9.83. The molecule has 0 aliphatic heterocycles. The van der Waals surface area contributed by atoms with Crippen LogP contribution in [0.4, 0.5) is 5.69 Å². The number of nitrogens with one attached hydrogen (secondary N) is 1. The maximum atomic E-state index is 3.22. The van der Waals surface area contributed by atoms with E-state index in [2.05, 4.69) is 60.8 Å². The fraction of sp³-hybridized carbons (Fsp3) is 0.200. The van der Waals surface area contributed by atoms with Crippen LogP contribution < -0.4 is 5.32 Å². The zero-order valence-electron chi connectivity index (χ0n) is 9.83. The van der Waals surface area contributed by atoms with Gasteiger partial charge in [-0.2, -0.15) is 0 Å². The minimum absolute atomic E-state index is 1.09. The Morgan fingerprint density at radius 3 is 2.25 bits per heavy atom. The quantitative estimate of drug-likeness (QED) is 0.810. The van der Waals surface area contributed by atoms with Crippen molar-refractivity contribution in [3.63, 3.8) is 0 Å². The number of anilines is 1. The molecule has 0 atom stereocenters. The van der Waals surface area contributed by atoms with Gasteiger partial charge < -0.3 is 5.32 Å². The number of benzene rings is 2. The van der Waals surface area contributed by atoms with Crippen LogP contribution in [-0.2, 0) is 6.42 Å². The SMILES string of the molecule is CCc1ccc(-c2ccccc2NC)cc1. The molecule has 0 aromatic heterocycles. The molecule has 0 aliphatic carbocycles. The lowest BCUT2D eigenvalue weighted by Gasteiger charge is -2.09. The first-order chi connectivity index (χ1) is 7.85. The minimum atomic E-state index is 1.09. The molecular weight excluding hydrogens is 194 g/mol. The second-order valence-corrected chi connectivity index (χ2v) is 3.85. The molecule has 0 saturated carbocycles. The molecule has 0 spiro atoms. The van der Waals surface area contributed by atoms with E-state index in [4.69, 9.17) is 0 Å². The monoisotopic (exact) mass is 211 g/mol. The fourth-order valence-corrected chi connectivity index (χ4v) is 1.87. The zero-order chi connectivity index (χ0) is 11.4. The van der Waals surface area contributed by atoms with Crippen LogP contribution in [0.15, 0.2) is 48.5 Å². The summed E-state index contributed by atoms with van der Waals surface area (Å²) < 4.78 is 0. The summed E-state index contributed by atoms with van der Waals surface area (Å²) in [6.07, 6.45) is 1.09. The van der Waals surface area contributed by atoms with E-state index in [0.717, 1.165) is 6.42 Å². The summed E-state index contributed by atoms with van der Waals surface area (Å²) in [7, 11) is 1.96. The Balaban J connectivity index is 2.42. The topological polar surface area (TPSA) is 12.0 Å². The highest BCUT2D eigenvalue weighted by molar-refractivity contribution is 5.77. The standard InChI is InChI=1S/C15H17N/c1-3-12-8-10-13(11-9-12)14-6-4-5-7-15(14)16-2/h4-11,16H,3H2,1-2H3. The molecule has 1 nitrogen and oxygen atoms in total. The molecule has 16 heavy (non-hydrogen) atoms. The van der Waals surface area contributed by atoms with Gasteiger partial charge in [-0.3, -0.25) is 0 Å². The summed E-state index contributed by atoms with van der Waals surface area (Å²) in [4.78, 5) is 0. The van der Waals surface area contributed by atoms with Crippen LogP contribution in [0, 0.1) is 0 Å². The molecule has 82 valence electrons. The van der Waals surface area contributed by atoms with E-state index in [9.17, 15) is 0 Å². The van der Waals surface area contributed by atoms with Crippen LogP contribution in [0.5, 0.6) is 0 Å². The highest BCUT2D eigenvalue weighted by Gasteiger charge is 2.02. The highest BCUT2D eigenvalue weighted by atomic mass is 14.8. The first-order valence-electron chi connectivity index (χ1n) is 5.71. The van der Waals surface area contributed by atoms with Gasteiger partial charge in [-0.25, -0.2) is 0 Å². The predicted octanol–water partition coefficient (Wildman–Crippen LogP) is 3.96. The van der Waals surface area contributed by atoms with Gasteiger partial charge in [-0.15, -0.1) is 0 Å². The van der Waals surface area contributed by atoms with E-state index < -0.39 is 0 Å². The van der Waals surface area contributed by atoms with Crippen LogP contribution in [0.2, 0.25) is 0 Å². The third-order valence-corrected chi connectivity index (χ3v) is 2.87.